The van der Waals surface area contributed by atoms with Crippen LogP contribution in [-0.4, -0.2) is 21.4 Å². The van der Waals surface area contributed by atoms with E-state index in [2.05, 4.69) is 22.5 Å². The van der Waals surface area contributed by atoms with E-state index in [0.29, 0.717) is 18.4 Å². The third-order valence-electron chi connectivity index (χ3n) is 5.09. The monoisotopic (exact) mass is 484 g/mol. The summed E-state index contributed by atoms with van der Waals surface area (Å²) in [5.74, 6) is -0.260. The Balaban J connectivity index is 1.82. The second-order valence-electron chi connectivity index (χ2n) is 7.12. The molecule has 30 heavy (non-hydrogen) atoms. The van der Waals surface area contributed by atoms with E-state index in [1.54, 1.807) is 18.2 Å². The molecule has 0 aliphatic carbocycles. The fraction of sp³-hybridized carbons (Fsp3) is 0.200. The van der Waals surface area contributed by atoms with Crippen LogP contribution in [-0.2, 0) is 0 Å². The SMILES string of the molecule is C=C[C@H]([C@H](O)CC/C(=C/c1cc(Br)ccc1O)c1ccccc1)[C@H](O)c1cccs1. The van der Waals surface area contributed by atoms with Crippen LogP contribution in [0, 0.1) is 5.92 Å². The van der Waals surface area contributed by atoms with E-state index in [1.165, 1.54) is 11.3 Å². The highest BCUT2D eigenvalue weighted by Gasteiger charge is 2.26. The van der Waals surface area contributed by atoms with E-state index >= 15 is 0 Å². The maximum Gasteiger partial charge on any atom is 0.122 e. The number of aliphatic hydroxyl groups is 2. The molecule has 156 valence electrons. The van der Waals surface area contributed by atoms with Crippen LogP contribution in [0.1, 0.15) is 34.9 Å². The van der Waals surface area contributed by atoms with Crippen molar-refractivity contribution >= 4 is 38.9 Å². The lowest BCUT2D eigenvalue weighted by Crippen LogP contribution is -2.24. The number of phenols is 1. The topological polar surface area (TPSA) is 60.7 Å². The number of hydrogen-bond donors (Lipinski definition) is 3. The number of phenolic OH excluding ortho intramolecular Hbond substituents is 1. The molecular weight excluding hydrogens is 460 g/mol. The van der Waals surface area contributed by atoms with Gasteiger partial charge in [0, 0.05) is 20.8 Å². The Morgan fingerprint density at radius 2 is 1.83 bits per heavy atom. The van der Waals surface area contributed by atoms with Crippen molar-refractivity contribution in [3.05, 3.63) is 99.2 Å². The summed E-state index contributed by atoms with van der Waals surface area (Å²) in [4.78, 5) is 0.817. The highest BCUT2D eigenvalue weighted by Crippen LogP contribution is 2.33. The Kier molecular flexibility index (Phi) is 8.05. The molecule has 1 heterocycles. The summed E-state index contributed by atoms with van der Waals surface area (Å²) in [7, 11) is 0. The first-order valence-corrected chi connectivity index (χ1v) is 11.4. The number of aliphatic hydroxyl groups excluding tert-OH is 2. The third kappa shape index (κ3) is 5.70. The molecule has 0 fully saturated rings. The van der Waals surface area contributed by atoms with E-state index in [1.807, 2.05) is 60.0 Å². The van der Waals surface area contributed by atoms with Crippen LogP contribution in [0.5, 0.6) is 5.75 Å². The Morgan fingerprint density at radius 3 is 2.50 bits per heavy atom. The van der Waals surface area contributed by atoms with Crippen molar-refractivity contribution in [1.82, 2.24) is 0 Å². The lowest BCUT2D eigenvalue weighted by atomic mass is 9.89. The second-order valence-corrected chi connectivity index (χ2v) is 9.01. The van der Waals surface area contributed by atoms with Gasteiger partial charge in [0.05, 0.1) is 12.2 Å². The lowest BCUT2D eigenvalue weighted by Gasteiger charge is -2.24. The maximum absolute atomic E-state index is 10.8. The first kappa shape index (κ1) is 22.5. The third-order valence-corrected chi connectivity index (χ3v) is 6.53. The minimum absolute atomic E-state index is 0.198. The second kappa shape index (κ2) is 10.7. The zero-order valence-corrected chi connectivity index (χ0v) is 18.9. The van der Waals surface area contributed by atoms with Crippen LogP contribution in [0.4, 0.5) is 0 Å². The summed E-state index contributed by atoms with van der Waals surface area (Å²) in [5, 5.41) is 33.6. The molecule has 0 amide bonds. The fourth-order valence-electron chi connectivity index (χ4n) is 3.42. The summed E-state index contributed by atoms with van der Waals surface area (Å²) in [6.07, 6.45) is 3.08. The first-order valence-electron chi connectivity index (χ1n) is 9.76. The van der Waals surface area contributed by atoms with Gasteiger partial charge in [-0.2, -0.15) is 0 Å². The van der Waals surface area contributed by atoms with Crippen molar-refractivity contribution in [2.75, 3.05) is 0 Å². The summed E-state index contributed by atoms with van der Waals surface area (Å²) < 4.78 is 0.879. The van der Waals surface area contributed by atoms with Crippen LogP contribution >= 0.6 is 27.3 Å². The quantitative estimate of drug-likeness (QED) is 0.242. The zero-order chi connectivity index (χ0) is 21.5. The maximum atomic E-state index is 10.8. The van der Waals surface area contributed by atoms with E-state index in [0.717, 1.165) is 20.5 Å². The van der Waals surface area contributed by atoms with Crippen molar-refractivity contribution in [3.63, 3.8) is 0 Å². The normalized spacial score (nSPS) is 14.8. The fourth-order valence-corrected chi connectivity index (χ4v) is 4.57. The Hall–Kier alpha value is -2.18. The average Bonchev–Trinajstić information content (AvgIpc) is 3.29. The van der Waals surface area contributed by atoms with Crippen molar-refractivity contribution < 1.29 is 15.3 Å². The van der Waals surface area contributed by atoms with Crippen molar-refractivity contribution in [2.24, 2.45) is 5.92 Å². The molecule has 3 N–H and O–H groups in total. The molecule has 0 saturated carbocycles. The van der Waals surface area contributed by atoms with E-state index in [-0.39, 0.29) is 5.75 Å². The average molecular weight is 485 g/mol. The molecule has 5 heteroatoms. The molecule has 0 radical (unpaired) electrons. The van der Waals surface area contributed by atoms with Gasteiger partial charge in [-0.05, 0) is 59.7 Å². The van der Waals surface area contributed by atoms with Gasteiger partial charge in [0.25, 0.3) is 0 Å². The van der Waals surface area contributed by atoms with Crippen molar-refractivity contribution in [2.45, 2.75) is 25.0 Å². The highest BCUT2D eigenvalue weighted by molar-refractivity contribution is 9.10. The largest absolute Gasteiger partial charge is 0.507 e. The molecule has 3 aromatic rings. The van der Waals surface area contributed by atoms with Gasteiger partial charge < -0.3 is 15.3 Å². The standard InChI is InChI=1S/C25H25BrO3S/c1-2-21(25(29)24-9-6-14-30-24)23(28)12-10-18(17-7-4-3-5-8-17)15-19-16-20(26)11-13-22(19)27/h2-9,11,13-16,21,23,25,27-29H,1,10,12H2/b18-15-/t21-,23-,25+/m1/s1. The van der Waals surface area contributed by atoms with Gasteiger partial charge in [-0.3, -0.25) is 0 Å². The molecule has 3 atom stereocenters. The van der Waals surface area contributed by atoms with Gasteiger partial charge in [0.2, 0.25) is 0 Å². The molecule has 0 aliphatic rings. The van der Waals surface area contributed by atoms with Crippen molar-refractivity contribution in [1.29, 1.82) is 0 Å². The Morgan fingerprint density at radius 1 is 1.07 bits per heavy atom. The predicted octanol–water partition coefficient (Wildman–Crippen LogP) is 6.43. The molecule has 0 spiro atoms. The molecule has 0 saturated heterocycles. The molecule has 0 unspecified atom stereocenters. The van der Waals surface area contributed by atoms with Crippen LogP contribution < -0.4 is 0 Å². The van der Waals surface area contributed by atoms with Gasteiger partial charge in [-0.15, -0.1) is 17.9 Å². The van der Waals surface area contributed by atoms with Crippen LogP contribution in [0.25, 0.3) is 11.6 Å². The zero-order valence-electron chi connectivity index (χ0n) is 16.5. The van der Waals surface area contributed by atoms with Gasteiger partial charge in [0.15, 0.2) is 0 Å². The van der Waals surface area contributed by atoms with E-state index < -0.39 is 18.1 Å². The summed E-state index contributed by atoms with van der Waals surface area (Å²) >= 11 is 4.92. The summed E-state index contributed by atoms with van der Waals surface area (Å²) in [6.45, 7) is 3.82. The minimum atomic E-state index is -0.782. The van der Waals surface area contributed by atoms with Crippen molar-refractivity contribution in [3.8, 4) is 5.75 Å². The molecule has 2 aromatic carbocycles. The number of hydrogen-bond acceptors (Lipinski definition) is 4. The molecule has 3 rings (SSSR count). The van der Waals surface area contributed by atoms with Gasteiger partial charge in [0.1, 0.15) is 5.75 Å². The van der Waals surface area contributed by atoms with E-state index in [9.17, 15) is 15.3 Å². The predicted molar refractivity (Wildman–Crippen MR) is 128 cm³/mol. The number of rotatable bonds is 9. The summed E-state index contributed by atoms with van der Waals surface area (Å²) in [6, 6.07) is 19.0. The molecule has 0 aliphatic heterocycles. The van der Waals surface area contributed by atoms with Gasteiger partial charge >= 0.3 is 0 Å². The van der Waals surface area contributed by atoms with Gasteiger partial charge in [-0.25, -0.2) is 0 Å². The number of benzene rings is 2. The Bertz CT molecular complexity index is 983. The molecule has 0 bridgehead atoms. The molecular formula is C25H25BrO3S. The summed E-state index contributed by atoms with van der Waals surface area (Å²) in [5.41, 5.74) is 2.73. The minimum Gasteiger partial charge on any atom is -0.507 e. The number of allylic oxidation sites excluding steroid dienone is 1. The van der Waals surface area contributed by atoms with E-state index in [4.69, 9.17) is 0 Å². The lowest BCUT2D eigenvalue weighted by molar-refractivity contribution is 0.0343. The Labute approximate surface area is 189 Å². The molecule has 3 nitrogen and oxygen atoms in total. The van der Waals surface area contributed by atoms with Crippen LogP contribution in [0.2, 0.25) is 0 Å². The first-order chi connectivity index (χ1) is 14.5. The van der Waals surface area contributed by atoms with Crippen LogP contribution in [0.3, 0.4) is 0 Å². The highest BCUT2D eigenvalue weighted by atomic mass is 79.9. The number of thiophene rings is 1. The van der Waals surface area contributed by atoms with Gasteiger partial charge in [-0.1, -0.05) is 58.4 Å². The molecule has 1 aromatic heterocycles. The smallest absolute Gasteiger partial charge is 0.122 e. The van der Waals surface area contributed by atoms with Crippen LogP contribution in [0.15, 0.2) is 83.2 Å². The number of halogens is 1. The number of aromatic hydroxyl groups is 1.